The first-order valence-electron chi connectivity index (χ1n) is 13.4. The molecule has 0 spiro atoms. The summed E-state index contributed by atoms with van der Waals surface area (Å²) in [6.07, 6.45) is -1.09. The Bertz CT molecular complexity index is 1230. The van der Waals surface area contributed by atoms with Gasteiger partial charge in [0.05, 0.1) is 29.1 Å². The van der Waals surface area contributed by atoms with Gasteiger partial charge < -0.3 is 33.7 Å². The Morgan fingerprint density at radius 1 is 0.837 bits per heavy atom. The SMILES string of the molecule is CC(C)(SC(=O)OCOC(=O)c1ccccc1)[C@@H](NC(=O)OCOC(=O)c1ccccc1)C(=O)OCCN1CCOCC1.[HH]. The number of carbonyl (C=O) groups excluding carboxylic acids is 5. The number of morpholine rings is 1. The van der Waals surface area contributed by atoms with Crippen molar-refractivity contribution in [2.45, 2.75) is 24.6 Å². The molecule has 1 saturated heterocycles. The molecular weight excluding hydrogens is 584 g/mol. The van der Waals surface area contributed by atoms with Gasteiger partial charge in [-0.15, -0.1) is 0 Å². The van der Waals surface area contributed by atoms with Crippen LogP contribution in [0.2, 0.25) is 0 Å². The molecule has 2 aromatic carbocycles. The van der Waals surface area contributed by atoms with Crippen molar-refractivity contribution < 1.29 is 53.8 Å². The number of alkyl carbamates (subject to hydrolysis) is 1. The predicted octanol–water partition coefficient (Wildman–Crippen LogP) is 3.48. The molecule has 0 radical (unpaired) electrons. The van der Waals surface area contributed by atoms with Crippen molar-refractivity contribution in [3.05, 3.63) is 71.8 Å². The lowest BCUT2D eigenvalue weighted by molar-refractivity contribution is -0.147. The van der Waals surface area contributed by atoms with Crippen molar-refractivity contribution in [2.24, 2.45) is 0 Å². The molecule has 1 atom stereocenters. The predicted molar refractivity (Wildman–Crippen MR) is 155 cm³/mol. The minimum Gasteiger partial charge on any atom is -0.463 e. The molecule has 2 aromatic rings. The van der Waals surface area contributed by atoms with E-state index in [1.165, 1.54) is 26.0 Å². The van der Waals surface area contributed by atoms with Crippen molar-refractivity contribution in [1.29, 1.82) is 0 Å². The molecule has 14 heteroatoms. The van der Waals surface area contributed by atoms with E-state index in [-0.39, 0.29) is 19.2 Å². The smallest absolute Gasteiger partial charge is 0.410 e. The fourth-order valence-corrected chi connectivity index (χ4v) is 4.55. The summed E-state index contributed by atoms with van der Waals surface area (Å²) in [5.41, 5.74) is 0.544. The van der Waals surface area contributed by atoms with Crippen LogP contribution in [-0.2, 0) is 33.2 Å². The zero-order valence-electron chi connectivity index (χ0n) is 23.9. The number of hydrogen-bond acceptors (Lipinski definition) is 13. The topological polar surface area (TPSA) is 156 Å². The molecule has 0 unspecified atom stereocenters. The molecule has 234 valence electrons. The summed E-state index contributed by atoms with van der Waals surface area (Å²) in [7, 11) is 0. The Balaban J connectivity index is 0.00000675. The van der Waals surface area contributed by atoms with Gasteiger partial charge in [0.1, 0.15) is 12.6 Å². The molecule has 0 aromatic heterocycles. The lowest BCUT2D eigenvalue weighted by Gasteiger charge is -2.31. The molecule has 1 amide bonds. The number of nitrogens with one attached hydrogen (secondary N) is 1. The van der Waals surface area contributed by atoms with Crippen LogP contribution in [0.15, 0.2) is 60.7 Å². The number of esters is 3. The maximum atomic E-state index is 13.1. The zero-order valence-corrected chi connectivity index (χ0v) is 24.7. The summed E-state index contributed by atoms with van der Waals surface area (Å²) >= 11 is 0.579. The van der Waals surface area contributed by atoms with Gasteiger partial charge in [-0.05, 0) is 49.9 Å². The van der Waals surface area contributed by atoms with Crippen molar-refractivity contribution >= 4 is 41.1 Å². The number of benzene rings is 2. The average molecular weight is 621 g/mol. The van der Waals surface area contributed by atoms with Crippen LogP contribution in [-0.4, -0.2) is 98.0 Å². The molecule has 1 fully saturated rings. The maximum absolute atomic E-state index is 13.1. The van der Waals surface area contributed by atoms with Crippen molar-refractivity contribution in [2.75, 3.05) is 53.0 Å². The van der Waals surface area contributed by atoms with Gasteiger partial charge in [0, 0.05) is 21.1 Å². The van der Waals surface area contributed by atoms with Gasteiger partial charge in [0.2, 0.25) is 13.6 Å². The van der Waals surface area contributed by atoms with Crippen LogP contribution in [0.4, 0.5) is 9.59 Å². The largest absolute Gasteiger partial charge is 0.463 e. The fourth-order valence-electron chi connectivity index (χ4n) is 3.75. The molecule has 13 nitrogen and oxygen atoms in total. The molecule has 0 aliphatic carbocycles. The molecular formula is C29H36N2O11S. The van der Waals surface area contributed by atoms with Gasteiger partial charge in [-0.2, -0.15) is 0 Å². The number of carbonyl (C=O) groups is 5. The highest BCUT2D eigenvalue weighted by Crippen LogP contribution is 2.31. The van der Waals surface area contributed by atoms with E-state index in [1.54, 1.807) is 48.5 Å². The first-order valence-corrected chi connectivity index (χ1v) is 14.2. The quantitative estimate of drug-likeness (QED) is 0.197. The second-order valence-corrected chi connectivity index (χ2v) is 11.2. The number of amides is 1. The average Bonchev–Trinajstić information content (AvgIpc) is 3.00. The van der Waals surface area contributed by atoms with Crippen LogP contribution in [0.25, 0.3) is 0 Å². The van der Waals surface area contributed by atoms with Gasteiger partial charge in [-0.25, -0.2) is 24.0 Å². The summed E-state index contributed by atoms with van der Waals surface area (Å²) in [4.78, 5) is 64.5. The first kappa shape index (κ1) is 33.4. The number of nitrogens with zero attached hydrogens (tertiary/aromatic N) is 1. The fraction of sp³-hybridized carbons (Fsp3) is 0.414. The molecule has 0 saturated carbocycles. The van der Waals surface area contributed by atoms with Gasteiger partial charge in [-0.1, -0.05) is 36.4 Å². The normalized spacial score (nSPS) is 14.1. The standard InChI is InChI=1S/C29H34N2O11S.H2/c1-29(2,43-28(36)42-20-40-25(33)22-11-7-4-8-12-22)23(26(34)38-18-15-31-13-16-37-17-14-31)30-27(35)41-19-39-24(32)21-9-5-3-6-10-21;/h3-12,23H,13-20H2,1-2H3,(H,30,35);1H/t23-;/m0./s1. The first-order chi connectivity index (χ1) is 20.7. The van der Waals surface area contributed by atoms with Gasteiger partial charge >= 0.3 is 29.3 Å². The van der Waals surface area contributed by atoms with E-state index in [9.17, 15) is 24.0 Å². The third kappa shape index (κ3) is 11.6. The third-order valence-corrected chi connectivity index (χ3v) is 7.11. The van der Waals surface area contributed by atoms with Crippen molar-refractivity contribution in [1.82, 2.24) is 10.2 Å². The second-order valence-electron chi connectivity index (χ2n) is 9.56. The number of rotatable bonds is 13. The summed E-state index contributed by atoms with van der Waals surface area (Å²) in [5.74, 6) is -2.22. The van der Waals surface area contributed by atoms with Crippen LogP contribution in [0.5, 0.6) is 0 Å². The Labute approximate surface area is 254 Å². The summed E-state index contributed by atoms with van der Waals surface area (Å²) < 4.78 is 29.3. The van der Waals surface area contributed by atoms with E-state index >= 15 is 0 Å². The van der Waals surface area contributed by atoms with E-state index in [0.717, 1.165) is 0 Å². The zero-order chi connectivity index (χ0) is 31.1. The summed E-state index contributed by atoms with van der Waals surface area (Å²) in [6.45, 7) is 4.65. The Hall–Kier alpha value is -4.14. The monoisotopic (exact) mass is 620 g/mol. The van der Waals surface area contributed by atoms with Crippen LogP contribution in [0.1, 0.15) is 36.0 Å². The lowest BCUT2D eigenvalue weighted by Crippen LogP contribution is -2.54. The highest BCUT2D eigenvalue weighted by Gasteiger charge is 2.41. The Kier molecular flexibility index (Phi) is 13.3. The maximum Gasteiger partial charge on any atom is 0.410 e. The highest BCUT2D eigenvalue weighted by atomic mass is 32.2. The second kappa shape index (κ2) is 17.1. The summed E-state index contributed by atoms with van der Waals surface area (Å²) in [5, 5.41) is 1.51. The van der Waals surface area contributed by atoms with Crippen LogP contribution >= 0.6 is 11.8 Å². The van der Waals surface area contributed by atoms with E-state index in [1.807, 2.05) is 0 Å². The van der Waals surface area contributed by atoms with Gasteiger partial charge in [0.15, 0.2) is 0 Å². The number of thioether (sulfide) groups is 1. The van der Waals surface area contributed by atoms with Crippen molar-refractivity contribution in [3.63, 3.8) is 0 Å². The highest BCUT2D eigenvalue weighted by molar-refractivity contribution is 8.14. The molecule has 1 aliphatic heterocycles. The Morgan fingerprint density at radius 2 is 1.37 bits per heavy atom. The van der Waals surface area contributed by atoms with Gasteiger partial charge in [-0.3, -0.25) is 4.90 Å². The molecule has 1 N–H and O–H groups in total. The molecule has 1 heterocycles. The van der Waals surface area contributed by atoms with Crippen LogP contribution < -0.4 is 5.32 Å². The van der Waals surface area contributed by atoms with E-state index < -0.39 is 53.7 Å². The Morgan fingerprint density at radius 3 is 1.93 bits per heavy atom. The molecule has 3 rings (SSSR count). The molecule has 1 aliphatic rings. The van der Waals surface area contributed by atoms with E-state index in [4.69, 9.17) is 28.4 Å². The summed E-state index contributed by atoms with van der Waals surface area (Å²) in [6, 6.07) is 14.9. The van der Waals surface area contributed by atoms with Crippen molar-refractivity contribution in [3.8, 4) is 0 Å². The van der Waals surface area contributed by atoms with E-state index in [0.29, 0.717) is 44.6 Å². The minimum atomic E-state index is -1.39. The molecule has 0 bridgehead atoms. The third-order valence-electron chi connectivity index (χ3n) is 6.06. The van der Waals surface area contributed by atoms with Gasteiger partial charge in [0.25, 0.3) is 0 Å². The number of ether oxygens (including phenoxy) is 6. The lowest BCUT2D eigenvalue weighted by atomic mass is 10.0. The molecule has 43 heavy (non-hydrogen) atoms. The van der Waals surface area contributed by atoms with Crippen LogP contribution in [0, 0.1) is 0 Å². The number of hydrogen-bond donors (Lipinski definition) is 1. The van der Waals surface area contributed by atoms with Crippen LogP contribution in [0.3, 0.4) is 0 Å². The van der Waals surface area contributed by atoms with E-state index in [2.05, 4.69) is 10.2 Å². The minimum absolute atomic E-state index is 0.